The fourth-order valence-electron chi connectivity index (χ4n) is 8.66. The molecule has 1 spiro atoms. The first kappa shape index (κ1) is 27.4. The molecule has 3 heteroatoms. The van der Waals surface area contributed by atoms with Crippen molar-refractivity contribution in [3.05, 3.63) is 192 Å². The summed E-state index contributed by atoms with van der Waals surface area (Å²) in [6.07, 6.45) is 0. The van der Waals surface area contributed by atoms with Gasteiger partial charge >= 0.3 is 0 Å². The van der Waals surface area contributed by atoms with E-state index in [1.165, 1.54) is 44.2 Å². The predicted octanol–water partition coefficient (Wildman–Crippen LogP) is 11.7. The number of furan rings is 1. The molecule has 1 unspecified atom stereocenters. The third-order valence-corrected chi connectivity index (χ3v) is 10.7. The molecule has 0 bridgehead atoms. The van der Waals surface area contributed by atoms with Gasteiger partial charge in [-0.05, 0) is 56.8 Å². The fourth-order valence-corrected chi connectivity index (χ4v) is 8.66. The van der Waals surface area contributed by atoms with Gasteiger partial charge in [-0.25, -0.2) is 9.97 Å². The van der Waals surface area contributed by atoms with Crippen LogP contribution in [0.1, 0.15) is 22.3 Å². The molecule has 3 nitrogen and oxygen atoms in total. The zero-order valence-corrected chi connectivity index (χ0v) is 27.0. The van der Waals surface area contributed by atoms with Gasteiger partial charge in [0, 0.05) is 33.2 Å². The molecule has 2 aliphatic carbocycles. The standard InChI is InChI=1S/C47H28N2O/c1-2-14-30(15-3-1)40-28-41(32-26-25-29-13-4-5-16-31(29)27-32)49-46(48-40)37-21-12-20-34-33-17-6-9-22-38(33)47(43(34)37)39-23-10-7-18-35(39)45-44(47)36-19-8-11-24-42(36)50-45/h1-28H. The molecule has 50 heavy (non-hydrogen) atoms. The van der Waals surface area contributed by atoms with Crippen LogP contribution in [0, 0.1) is 0 Å². The van der Waals surface area contributed by atoms with Gasteiger partial charge in [-0.3, -0.25) is 0 Å². The van der Waals surface area contributed by atoms with Crippen LogP contribution < -0.4 is 0 Å². The smallest absolute Gasteiger partial charge is 0.160 e. The van der Waals surface area contributed by atoms with E-state index in [2.05, 4.69) is 164 Å². The van der Waals surface area contributed by atoms with E-state index >= 15 is 0 Å². The number of benzene rings is 7. The summed E-state index contributed by atoms with van der Waals surface area (Å²) in [6, 6.07) is 60.4. The van der Waals surface area contributed by atoms with E-state index in [0.29, 0.717) is 5.82 Å². The molecule has 2 heterocycles. The molecule has 2 aliphatic rings. The summed E-state index contributed by atoms with van der Waals surface area (Å²) < 4.78 is 6.76. The summed E-state index contributed by atoms with van der Waals surface area (Å²) in [5.74, 6) is 1.65. The Labute approximate surface area is 289 Å². The topological polar surface area (TPSA) is 38.9 Å². The molecule has 0 amide bonds. The Morgan fingerprint density at radius 3 is 1.92 bits per heavy atom. The van der Waals surface area contributed by atoms with Crippen LogP contribution >= 0.6 is 0 Å². The van der Waals surface area contributed by atoms with E-state index in [1.54, 1.807) is 0 Å². The molecular weight excluding hydrogens is 609 g/mol. The average molecular weight is 637 g/mol. The lowest BCUT2D eigenvalue weighted by molar-refractivity contribution is 0.628. The van der Waals surface area contributed by atoms with Crippen molar-refractivity contribution in [3.63, 3.8) is 0 Å². The molecule has 0 saturated heterocycles. The predicted molar refractivity (Wildman–Crippen MR) is 202 cm³/mol. The van der Waals surface area contributed by atoms with Gasteiger partial charge in [0.15, 0.2) is 5.82 Å². The zero-order chi connectivity index (χ0) is 32.8. The van der Waals surface area contributed by atoms with Crippen LogP contribution in [0.2, 0.25) is 0 Å². The first-order valence-corrected chi connectivity index (χ1v) is 17.1. The maximum atomic E-state index is 6.76. The minimum atomic E-state index is -0.615. The van der Waals surface area contributed by atoms with Crippen LogP contribution in [0.15, 0.2) is 174 Å². The summed E-state index contributed by atoms with van der Waals surface area (Å²) >= 11 is 0. The molecule has 0 saturated carbocycles. The van der Waals surface area contributed by atoms with Gasteiger partial charge in [-0.15, -0.1) is 0 Å². The number of aromatic nitrogens is 2. The van der Waals surface area contributed by atoms with Crippen molar-refractivity contribution in [1.82, 2.24) is 9.97 Å². The van der Waals surface area contributed by atoms with Crippen LogP contribution in [-0.4, -0.2) is 9.97 Å². The van der Waals surface area contributed by atoms with E-state index in [1.807, 2.05) is 6.07 Å². The lowest BCUT2D eigenvalue weighted by atomic mass is 9.68. The molecule has 9 aromatic rings. The van der Waals surface area contributed by atoms with Gasteiger partial charge in [0.05, 0.1) is 16.8 Å². The van der Waals surface area contributed by atoms with E-state index in [9.17, 15) is 0 Å². The highest BCUT2D eigenvalue weighted by Crippen LogP contribution is 2.66. The van der Waals surface area contributed by atoms with Crippen molar-refractivity contribution in [2.75, 3.05) is 0 Å². The molecule has 2 aromatic heterocycles. The second kappa shape index (κ2) is 10.2. The van der Waals surface area contributed by atoms with Crippen molar-refractivity contribution in [3.8, 4) is 56.4 Å². The molecule has 0 aliphatic heterocycles. The fraction of sp³-hybridized carbons (Fsp3) is 0.0213. The SMILES string of the molecule is c1ccc(-c2cc(-c3ccc4ccccc4c3)nc(-c3cccc4c3C3(c5ccccc5-4)c4ccccc4-c4oc5ccccc5c43)n2)cc1. The average Bonchev–Trinajstić information content (AvgIpc) is 3.82. The van der Waals surface area contributed by atoms with E-state index in [-0.39, 0.29) is 0 Å². The highest BCUT2D eigenvalue weighted by Gasteiger charge is 2.55. The first-order valence-electron chi connectivity index (χ1n) is 17.1. The Kier molecular flexibility index (Phi) is 5.59. The van der Waals surface area contributed by atoms with E-state index in [4.69, 9.17) is 14.4 Å². The van der Waals surface area contributed by atoms with Crippen LogP contribution in [0.25, 0.3) is 78.1 Å². The summed E-state index contributed by atoms with van der Waals surface area (Å²) in [4.78, 5) is 10.8. The monoisotopic (exact) mass is 636 g/mol. The van der Waals surface area contributed by atoms with Crippen molar-refractivity contribution in [1.29, 1.82) is 0 Å². The van der Waals surface area contributed by atoms with Gasteiger partial charge in [0.2, 0.25) is 0 Å². The number of nitrogens with zero attached hydrogens (tertiary/aromatic N) is 2. The van der Waals surface area contributed by atoms with E-state index in [0.717, 1.165) is 50.4 Å². The highest BCUT2D eigenvalue weighted by atomic mass is 16.3. The van der Waals surface area contributed by atoms with Gasteiger partial charge < -0.3 is 4.42 Å². The molecule has 0 fully saturated rings. The van der Waals surface area contributed by atoms with Crippen LogP contribution in [0.5, 0.6) is 0 Å². The Morgan fingerprint density at radius 2 is 1.06 bits per heavy atom. The van der Waals surface area contributed by atoms with Crippen LogP contribution in [-0.2, 0) is 5.41 Å². The molecular formula is C47H28N2O. The largest absolute Gasteiger partial charge is 0.456 e. The maximum Gasteiger partial charge on any atom is 0.160 e. The molecule has 7 aromatic carbocycles. The quantitative estimate of drug-likeness (QED) is 0.194. The van der Waals surface area contributed by atoms with Crippen LogP contribution in [0.4, 0.5) is 0 Å². The van der Waals surface area contributed by atoms with Crippen molar-refractivity contribution in [2.24, 2.45) is 0 Å². The van der Waals surface area contributed by atoms with Crippen LogP contribution in [0.3, 0.4) is 0 Å². The first-order chi connectivity index (χ1) is 24.8. The number of hydrogen-bond donors (Lipinski definition) is 0. The number of fused-ring (bicyclic) bond motifs is 13. The van der Waals surface area contributed by atoms with Crippen molar-refractivity contribution < 1.29 is 4.42 Å². The summed E-state index contributed by atoms with van der Waals surface area (Å²) in [7, 11) is 0. The Bertz CT molecular complexity index is 2830. The highest BCUT2D eigenvalue weighted by molar-refractivity contribution is 6.03. The minimum Gasteiger partial charge on any atom is -0.456 e. The van der Waals surface area contributed by atoms with E-state index < -0.39 is 5.41 Å². The summed E-state index contributed by atoms with van der Waals surface area (Å²) in [5, 5.41) is 3.52. The Balaban J connectivity index is 1.25. The lowest BCUT2D eigenvalue weighted by Gasteiger charge is -2.31. The van der Waals surface area contributed by atoms with Gasteiger partial charge in [0.1, 0.15) is 11.3 Å². The summed E-state index contributed by atoms with van der Waals surface area (Å²) in [6.45, 7) is 0. The Morgan fingerprint density at radius 1 is 0.420 bits per heavy atom. The molecule has 0 N–H and O–H groups in total. The van der Waals surface area contributed by atoms with Gasteiger partial charge in [-0.1, -0.05) is 152 Å². The molecule has 11 rings (SSSR count). The maximum absolute atomic E-state index is 6.76. The second-order valence-electron chi connectivity index (χ2n) is 13.3. The van der Waals surface area contributed by atoms with Gasteiger partial charge in [0.25, 0.3) is 0 Å². The number of hydrogen-bond acceptors (Lipinski definition) is 3. The number of para-hydroxylation sites is 1. The minimum absolute atomic E-state index is 0.615. The zero-order valence-electron chi connectivity index (χ0n) is 27.0. The second-order valence-corrected chi connectivity index (χ2v) is 13.3. The number of rotatable bonds is 3. The van der Waals surface area contributed by atoms with Crippen molar-refractivity contribution in [2.45, 2.75) is 5.41 Å². The summed E-state index contributed by atoms with van der Waals surface area (Å²) in [5.41, 5.74) is 13.6. The Hall–Kier alpha value is -6.58. The lowest BCUT2D eigenvalue weighted by Crippen LogP contribution is -2.26. The third-order valence-electron chi connectivity index (χ3n) is 10.7. The van der Waals surface area contributed by atoms with Crippen molar-refractivity contribution >= 4 is 21.7 Å². The normalized spacial score (nSPS) is 15.3. The molecule has 232 valence electrons. The van der Waals surface area contributed by atoms with Gasteiger partial charge in [-0.2, -0.15) is 0 Å². The molecule has 1 atom stereocenters. The third kappa shape index (κ3) is 3.64. The molecule has 0 radical (unpaired) electrons.